The molecule has 2 saturated heterocycles. The first-order valence-corrected chi connectivity index (χ1v) is 9.28. The lowest BCUT2D eigenvalue weighted by atomic mass is 10.0. The molecule has 10 heteroatoms. The van der Waals surface area contributed by atoms with Crippen LogP contribution in [0.4, 0.5) is 0 Å². The molecule has 0 bridgehead atoms. The molecule has 1 N–H and O–H groups in total. The van der Waals surface area contributed by atoms with Gasteiger partial charge in [0.1, 0.15) is 24.5 Å². The molecule has 0 saturated carbocycles. The lowest BCUT2D eigenvalue weighted by Gasteiger charge is -2.30. The second-order valence-corrected chi connectivity index (χ2v) is 7.03. The summed E-state index contributed by atoms with van der Waals surface area (Å²) in [5.74, 6) is -2.10. The lowest BCUT2D eigenvalue weighted by molar-refractivity contribution is -0.136. The van der Waals surface area contributed by atoms with Gasteiger partial charge < -0.3 is 14.4 Å². The highest BCUT2D eigenvalue weighted by Crippen LogP contribution is 2.33. The molecule has 29 heavy (non-hydrogen) atoms. The number of hydrogen-bond acceptors (Lipinski definition) is 7. The molecule has 2 fully saturated rings. The van der Waals surface area contributed by atoms with Crippen molar-refractivity contribution in [1.82, 2.24) is 15.1 Å². The first-order valence-electron chi connectivity index (χ1n) is 9.28. The van der Waals surface area contributed by atoms with Crippen molar-refractivity contribution in [3.63, 3.8) is 0 Å². The van der Waals surface area contributed by atoms with Gasteiger partial charge in [-0.2, -0.15) is 0 Å². The minimum atomic E-state index is -1.03. The van der Waals surface area contributed by atoms with Gasteiger partial charge >= 0.3 is 0 Å². The topological polar surface area (TPSA) is 122 Å². The van der Waals surface area contributed by atoms with E-state index in [1.54, 1.807) is 17.0 Å². The second kappa shape index (κ2) is 7.63. The van der Waals surface area contributed by atoms with Gasteiger partial charge in [-0.3, -0.25) is 34.2 Å². The van der Waals surface area contributed by atoms with Crippen molar-refractivity contribution in [3.8, 4) is 5.75 Å². The molecule has 0 aromatic heterocycles. The van der Waals surface area contributed by atoms with E-state index < -0.39 is 29.7 Å². The number of ether oxygens (including phenoxy) is 2. The van der Waals surface area contributed by atoms with E-state index in [0.29, 0.717) is 19.7 Å². The summed E-state index contributed by atoms with van der Waals surface area (Å²) in [5.41, 5.74) is 0.238. The minimum Gasteiger partial charge on any atom is -0.490 e. The number of hydrogen-bond donors (Lipinski definition) is 1. The van der Waals surface area contributed by atoms with E-state index >= 15 is 0 Å². The molecule has 1 aromatic rings. The summed E-state index contributed by atoms with van der Waals surface area (Å²) < 4.78 is 11.3. The fraction of sp³-hybridized carbons (Fsp3) is 0.421. The first kappa shape index (κ1) is 19.1. The van der Waals surface area contributed by atoms with E-state index in [1.807, 2.05) is 0 Å². The standard InChI is InChI=1S/C19H19N3O7/c23-10-21-6-7-28-11(8-21)9-29-14-3-1-2-12-16(14)19(27)22(18(12)26)13-4-5-15(24)20-17(13)25/h1-3,10-11,13H,4-9H2,(H,20,24,25). The van der Waals surface area contributed by atoms with Gasteiger partial charge in [0.25, 0.3) is 11.8 Å². The number of nitrogens with zero attached hydrogens (tertiary/aromatic N) is 2. The van der Waals surface area contributed by atoms with E-state index in [1.165, 1.54) is 6.07 Å². The predicted molar refractivity (Wildman–Crippen MR) is 96.0 cm³/mol. The van der Waals surface area contributed by atoms with E-state index in [2.05, 4.69) is 5.32 Å². The van der Waals surface area contributed by atoms with E-state index in [4.69, 9.17) is 9.47 Å². The molecule has 3 aliphatic rings. The highest BCUT2D eigenvalue weighted by molar-refractivity contribution is 6.24. The smallest absolute Gasteiger partial charge is 0.266 e. The highest BCUT2D eigenvalue weighted by Gasteiger charge is 2.46. The summed E-state index contributed by atoms with van der Waals surface area (Å²) in [6.45, 7) is 1.36. The van der Waals surface area contributed by atoms with Crippen LogP contribution in [-0.4, -0.2) is 78.3 Å². The third kappa shape index (κ3) is 3.46. The average Bonchev–Trinajstić information content (AvgIpc) is 2.98. The quantitative estimate of drug-likeness (QED) is 0.513. The summed E-state index contributed by atoms with van der Waals surface area (Å²) in [5, 5.41) is 2.16. The number of carbonyl (C=O) groups excluding carboxylic acids is 5. The van der Waals surface area contributed by atoms with E-state index in [0.717, 1.165) is 11.3 Å². The minimum absolute atomic E-state index is 0.0550. The van der Waals surface area contributed by atoms with Gasteiger partial charge in [-0.1, -0.05) is 6.07 Å². The fourth-order valence-electron chi connectivity index (χ4n) is 3.73. The number of amides is 5. The molecular formula is C19H19N3O7. The van der Waals surface area contributed by atoms with Crippen molar-refractivity contribution in [1.29, 1.82) is 0 Å². The molecule has 2 unspecified atom stereocenters. The maximum Gasteiger partial charge on any atom is 0.266 e. The highest BCUT2D eigenvalue weighted by atomic mass is 16.5. The van der Waals surface area contributed by atoms with Crippen LogP contribution in [0.5, 0.6) is 5.75 Å². The van der Waals surface area contributed by atoms with Crippen molar-refractivity contribution in [3.05, 3.63) is 29.3 Å². The molecule has 10 nitrogen and oxygen atoms in total. The number of nitrogens with one attached hydrogen (secondary N) is 1. The third-order valence-corrected chi connectivity index (χ3v) is 5.17. The van der Waals surface area contributed by atoms with Crippen molar-refractivity contribution in [2.45, 2.75) is 25.0 Å². The Balaban J connectivity index is 1.52. The second-order valence-electron chi connectivity index (χ2n) is 7.03. The van der Waals surface area contributed by atoms with Crippen LogP contribution >= 0.6 is 0 Å². The van der Waals surface area contributed by atoms with Crippen molar-refractivity contribution in [2.75, 3.05) is 26.3 Å². The Bertz CT molecular complexity index is 900. The van der Waals surface area contributed by atoms with Crippen molar-refractivity contribution in [2.24, 2.45) is 0 Å². The Kier molecular flexibility index (Phi) is 5.01. The van der Waals surface area contributed by atoms with Gasteiger partial charge in [-0.15, -0.1) is 0 Å². The Labute approximate surface area is 165 Å². The number of fused-ring (bicyclic) bond motifs is 1. The summed E-state index contributed by atoms with van der Waals surface area (Å²) in [6, 6.07) is 3.63. The fourth-order valence-corrected chi connectivity index (χ4v) is 3.73. The van der Waals surface area contributed by atoms with Crippen LogP contribution < -0.4 is 10.1 Å². The number of rotatable bonds is 5. The Hall–Kier alpha value is -3.27. The summed E-state index contributed by atoms with van der Waals surface area (Å²) >= 11 is 0. The molecule has 0 aliphatic carbocycles. The van der Waals surface area contributed by atoms with E-state index in [-0.39, 0.29) is 42.4 Å². The lowest BCUT2D eigenvalue weighted by Crippen LogP contribution is -2.54. The Morgan fingerprint density at radius 1 is 1.21 bits per heavy atom. The van der Waals surface area contributed by atoms with Crippen LogP contribution in [0.2, 0.25) is 0 Å². The maximum absolute atomic E-state index is 13.0. The van der Waals surface area contributed by atoms with Crippen molar-refractivity contribution >= 4 is 30.0 Å². The van der Waals surface area contributed by atoms with Crippen molar-refractivity contribution < 1.29 is 33.4 Å². The van der Waals surface area contributed by atoms with Crippen LogP contribution in [0.1, 0.15) is 33.6 Å². The molecule has 2 atom stereocenters. The number of piperidine rings is 1. The van der Waals surface area contributed by atoms with E-state index in [9.17, 15) is 24.0 Å². The van der Waals surface area contributed by atoms with Crippen LogP contribution in [-0.2, 0) is 19.1 Å². The SMILES string of the molecule is O=CN1CCOC(COc2cccc3c2C(=O)N(C2CCC(=O)NC2=O)C3=O)C1. The van der Waals surface area contributed by atoms with Gasteiger partial charge in [0.05, 0.1) is 24.3 Å². The average molecular weight is 401 g/mol. The zero-order valence-electron chi connectivity index (χ0n) is 15.5. The zero-order valence-corrected chi connectivity index (χ0v) is 15.5. The number of carbonyl (C=O) groups is 5. The number of imide groups is 2. The molecule has 0 spiro atoms. The van der Waals surface area contributed by atoms with Gasteiger partial charge in [0, 0.05) is 13.0 Å². The van der Waals surface area contributed by atoms with Gasteiger partial charge in [0.2, 0.25) is 18.2 Å². The zero-order chi connectivity index (χ0) is 20.5. The van der Waals surface area contributed by atoms with Gasteiger partial charge in [-0.25, -0.2) is 0 Å². The van der Waals surface area contributed by atoms with Gasteiger partial charge in [0.15, 0.2) is 0 Å². The molecule has 5 amide bonds. The molecule has 4 rings (SSSR count). The van der Waals surface area contributed by atoms with Crippen LogP contribution in [0, 0.1) is 0 Å². The Morgan fingerprint density at radius 2 is 2.03 bits per heavy atom. The molecular weight excluding hydrogens is 382 g/mol. The van der Waals surface area contributed by atoms with Crippen LogP contribution in [0.25, 0.3) is 0 Å². The molecule has 3 heterocycles. The summed E-state index contributed by atoms with van der Waals surface area (Å²) in [7, 11) is 0. The Morgan fingerprint density at radius 3 is 2.79 bits per heavy atom. The van der Waals surface area contributed by atoms with Crippen LogP contribution in [0.15, 0.2) is 18.2 Å². The first-order chi connectivity index (χ1) is 14.0. The van der Waals surface area contributed by atoms with Gasteiger partial charge in [-0.05, 0) is 18.6 Å². The molecule has 152 valence electrons. The third-order valence-electron chi connectivity index (χ3n) is 5.17. The number of benzene rings is 1. The summed E-state index contributed by atoms with van der Waals surface area (Å²) in [4.78, 5) is 62.7. The molecule has 1 aromatic carbocycles. The number of morpholine rings is 1. The van der Waals surface area contributed by atoms with Crippen LogP contribution in [0.3, 0.4) is 0 Å². The summed E-state index contributed by atoms with van der Waals surface area (Å²) in [6.07, 6.45) is 0.530. The monoisotopic (exact) mass is 401 g/mol. The molecule has 3 aliphatic heterocycles. The normalized spacial score (nSPS) is 24.4. The predicted octanol–water partition coefficient (Wildman–Crippen LogP) is -0.676. The molecule has 0 radical (unpaired) electrons. The maximum atomic E-state index is 13.0. The largest absolute Gasteiger partial charge is 0.490 e.